The highest BCUT2D eigenvalue weighted by atomic mass is 32.1. The third kappa shape index (κ3) is 2.61. The second-order valence-corrected chi connectivity index (χ2v) is 7.58. The van der Waals surface area contributed by atoms with E-state index >= 15 is 0 Å². The lowest BCUT2D eigenvalue weighted by molar-refractivity contribution is 0.171. The molecule has 0 bridgehead atoms. The molecular formula is C19H19N3O2S. The van der Waals surface area contributed by atoms with Crippen molar-refractivity contribution in [3.63, 3.8) is 0 Å². The topological polar surface area (TPSA) is 56.3 Å². The van der Waals surface area contributed by atoms with E-state index in [2.05, 4.69) is 10.3 Å². The number of aryl methyl sites for hydroxylation is 3. The van der Waals surface area contributed by atoms with Crippen LogP contribution in [0.1, 0.15) is 29.1 Å². The molecule has 6 heteroatoms. The number of thiophene rings is 1. The number of hydrogen-bond donors (Lipinski definition) is 1. The fourth-order valence-corrected chi connectivity index (χ4v) is 4.92. The van der Waals surface area contributed by atoms with Gasteiger partial charge in [-0.2, -0.15) is 0 Å². The van der Waals surface area contributed by atoms with Gasteiger partial charge in [0.1, 0.15) is 29.7 Å². The van der Waals surface area contributed by atoms with Crippen LogP contribution in [0.2, 0.25) is 0 Å². The third-order valence-electron chi connectivity index (χ3n) is 4.73. The lowest BCUT2D eigenvalue weighted by atomic mass is 9.97. The lowest BCUT2D eigenvalue weighted by Gasteiger charge is -2.19. The van der Waals surface area contributed by atoms with Crippen molar-refractivity contribution in [2.75, 3.05) is 18.5 Å². The molecule has 0 spiro atoms. The van der Waals surface area contributed by atoms with E-state index in [9.17, 15) is 0 Å². The molecule has 0 amide bonds. The van der Waals surface area contributed by atoms with Crippen LogP contribution in [0.3, 0.4) is 0 Å². The van der Waals surface area contributed by atoms with Gasteiger partial charge in [-0.3, -0.25) is 0 Å². The summed E-state index contributed by atoms with van der Waals surface area (Å²) in [5, 5.41) is 4.69. The smallest absolute Gasteiger partial charge is 0.163 e. The van der Waals surface area contributed by atoms with Crippen LogP contribution in [0.15, 0.2) is 18.2 Å². The van der Waals surface area contributed by atoms with Gasteiger partial charge in [0, 0.05) is 16.6 Å². The van der Waals surface area contributed by atoms with Gasteiger partial charge in [0.25, 0.3) is 0 Å². The average Bonchev–Trinajstić information content (AvgIpc) is 2.99. The Bertz CT molecular complexity index is 967. The Kier molecular flexibility index (Phi) is 3.52. The first-order valence-electron chi connectivity index (χ1n) is 8.73. The highest BCUT2D eigenvalue weighted by Gasteiger charge is 2.21. The van der Waals surface area contributed by atoms with Gasteiger partial charge in [0.05, 0.1) is 5.39 Å². The standard InChI is InChI=1S/C19H19N3O2S/c1-11-20-18(17-13-4-2-3-5-16(13)25-19(17)21-11)22-12-6-7-14-15(10-12)24-9-8-23-14/h6-7,10H,2-5,8-9H2,1H3,(H,20,21,22). The van der Waals surface area contributed by atoms with Gasteiger partial charge in [0.15, 0.2) is 11.5 Å². The molecule has 1 aromatic carbocycles. The van der Waals surface area contributed by atoms with Crippen molar-refractivity contribution < 1.29 is 9.47 Å². The summed E-state index contributed by atoms with van der Waals surface area (Å²) >= 11 is 1.83. The Morgan fingerprint density at radius 3 is 2.80 bits per heavy atom. The zero-order valence-corrected chi connectivity index (χ0v) is 14.9. The molecule has 128 valence electrons. The van der Waals surface area contributed by atoms with E-state index in [0.717, 1.165) is 40.1 Å². The molecule has 3 aromatic rings. The number of benzene rings is 1. The van der Waals surface area contributed by atoms with Crippen LogP contribution in [0.25, 0.3) is 10.2 Å². The minimum atomic E-state index is 0.589. The second-order valence-electron chi connectivity index (χ2n) is 6.49. The van der Waals surface area contributed by atoms with Crippen LogP contribution in [-0.4, -0.2) is 23.2 Å². The molecule has 2 aromatic heterocycles. The lowest BCUT2D eigenvalue weighted by Crippen LogP contribution is -2.15. The Labute approximate surface area is 150 Å². The number of nitrogens with one attached hydrogen (secondary N) is 1. The minimum Gasteiger partial charge on any atom is -0.486 e. The second kappa shape index (κ2) is 5.88. The third-order valence-corrected chi connectivity index (χ3v) is 5.92. The SMILES string of the molecule is Cc1nc(Nc2ccc3c(c2)OCCO3)c2c3c(sc2n1)CCCC3. The molecule has 5 rings (SSSR count). The molecule has 0 unspecified atom stereocenters. The van der Waals surface area contributed by atoms with Crippen molar-refractivity contribution >= 4 is 33.1 Å². The zero-order valence-electron chi connectivity index (χ0n) is 14.1. The molecule has 0 saturated carbocycles. The van der Waals surface area contributed by atoms with Crippen LogP contribution in [-0.2, 0) is 12.8 Å². The van der Waals surface area contributed by atoms with Crippen molar-refractivity contribution in [1.29, 1.82) is 0 Å². The Morgan fingerprint density at radius 2 is 1.88 bits per heavy atom. The molecule has 0 radical (unpaired) electrons. The summed E-state index contributed by atoms with van der Waals surface area (Å²) in [4.78, 5) is 12.0. The van der Waals surface area contributed by atoms with E-state index in [0.29, 0.717) is 13.2 Å². The fraction of sp³-hybridized carbons (Fsp3) is 0.368. The van der Waals surface area contributed by atoms with E-state index in [4.69, 9.17) is 14.5 Å². The number of nitrogens with zero attached hydrogens (tertiary/aromatic N) is 2. The predicted octanol–water partition coefficient (Wildman–Crippen LogP) is 4.39. The highest BCUT2D eigenvalue weighted by Crippen LogP contribution is 2.40. The number of aromatic nitrogens is 2. The molecule has 1 aliphatic carbocycles. The van der Waals surface area contributed by atoms with Gasteiger partial charge < -0.3 is 14.8 Å². The number of hydrogen-bond acceptors (Lipinski definition) is 6. The van der Waals surface area contributed by atoms with E-state index in [1.807, 2.05) is 36.5 Å². The van der Waals surface area contributed by atoms with E-state index in [-0.39, 0.29) is 0 Å². The van der Waals surface area contributed by atoms with Crippen molar-refractivity contribution in [3.8, 4) is 11.5 Å². The monoisotopic (exact) mass is 353 g/mol. The maximum absolute atomic E-state index is 5.69. The van der Waals surface area contributed by atoms with Crippen LogP contribution in [0, 0.1) is 6.92 Å². The normalized spacial score (nSPS) is 15.9. The Balaban J connectivity index is 1.59. The van der Waals surface area contributed by atoms with Gasteiger partial charge >= 0.3 is 0 Å². The van der Waals surface area contributed by atoms with Crippen molar-refractivity contribution in [1.82, 2.24) is 9.97 Å². The first kappa shape index (κ1) is 15.0. The summed E-state index contributed by atoms with van der Waals surface area (Å²) in [5.41, 5.74) is 2.39. The quantitative estimate of drug-likeness (QED) is 0.740. The van der Waals surface area contributed by atoms with Crippen LogP contribution < -0.4 is 14.8 Å². The van der Waals surface area contributed by atoms with E-state index in [1.54, 1.807) is 0 Å². The van der Waals surface area contributed by atoms with Crippen LogP contribution in [0.5, 0.6) is 11.5 Å². The molecule has 25 heavy (non-hydrogen) atoms. The molecule has 0 atom stereocenters. The van der Waals surface area contributed by atoms with Gasteiger partial charge in [-0.15, -0.1) is 11.3 Å². The molecule has 3 heterocycles. The maximum atomic E-state index is 5.69. The number of anilines is 2. The summed E-state index contributed by atoms with van der Waals surface area (Å²) in [5.74, 6) is 3.28. The Morgan fingerprint density at radius 1 is 1.04 bits per heavy atom. The van der Waals surface area contributed by atoms with Gasteiger partial charge in [0.2, 0.25) is 0 Å². The first-order chi connectivity index (χ1) is 12.3. The summed E-state index contributed by atoms with van der Waals surface area (Å²) in [6.07, 6.45) is 4.81. The van der Waals surface area contributed by atoms with Crippen LogP contribution in [0.4, 0.5) is 11.5 Å². The maximum Gasteiger partial charge on any atom is 0.163 e. The number of rotatable bonds is 2. The number of ether oxygens (including phenoxy) is 2. The Hall–Kier alpha value is -2.34. The molecule has 5 nitrogen and oxygen atoms in total. The minimum absolute atomic E-state index is 0.589. The summed E-state index contributed by atoms with van der Waals surface area (Å²) < 4.78 is 11.3. The average molecular weight is 353 g/mol. The molecule has 0 fully saturated rings. The van der Waals surface area contributed by atoms with Crippen molar-refractivity contribution in [3.05, 3.63) is 34.5 Å². The fourth-order valence-electron chi connectivity index (χ4n) is 3.61. The van der Waals surface area contributed by atoms with Crippen molar-refractivity contribution in [2.24, 2.45) is 0 Å². The van der Waals surface area contributed by atoms with Crippen LogP contribution >= 0.6 is 11.3 Å². The molecule has 0 saturated heterocycles. The molecule has 1 aliphatic heterocycles. The first-order valence-corrected chi connectivity index (χ1v) is 9.55. The largest absolute Gasteiger partial charge is 0.486 e. The molecular weight excluding hydrogens is 334 g/mol. The van der Waals surface area contributed by atoms with Gasteiger partial charge in [-0.1, -0.05) is 0 Å². The summed E-state index contributed by atoms with van der Waals surface area (Å²) in [6, 6.07) is 5.94. The van der Waals surface area contributed by atoms with E-state index in [1.165, 1.54) is 35.1 Å². The summed E-state index contributed by atoms with van der Waals surface area (Å²) in [6.45, 7) is 3.14. The van der Waals surface area contributed by atoms with Gasteiger partial charge in [-0.25, -0.2) is 9.97 Å². The van der Waals surface area contributed by atoms with Gasteiger partial charge in [-0.05, 0) is 50.3 Å². The van der Waals surface area contributed by atoms with E-state index < -0.39 is 0 Å². The summed E-state index contributed by atoms with van der Waals surface area (Å²) in [7, 11) is 0. The molecule has 2 aliphatic rings. The highest BCUT2D eigenvalue weighted by molar-refractivity contribution is 7.19. The predicted molar refractivity (Wildman–Crippen MR) is 99.5 cm³/mol. The van der Waals surface area contributed by atoms with Crippen molar-refractivity contribution in [2.45, 2.75) is 32.6 Å². The zero-order chi connectivity index (χ0) is 16.8. The number of fused-ring (bicyclic) bond motifs is 4. The molecule has 1 N–H and O–H groups in total.